The Morgan fingerprint density at radius 1 is 1.00 bits per heavy atom. The molecule has 0 aliphatic carbocycles. The average Bonchev–Trinajstić information content (AvgIpc) is 3.11. The number of morpholine rings is 1. The minimum Gasteiger partial charge on any atom is -0.379 e. The summed E-state index contributed by atoms with van der Waals surface area (Å²) in [6.45, 7) is 1.58. The number of aromatic amines is 1. The van der Waals surface area contributed by atoms with Crippen LogP contribution in [0.2, 0.25) is 0 Å². The van der Waals surface area contributed by atoms with E-state index in [0.717, 1.165) is 11.3 Å². The Bertz CT molecular complexity index is 1080. The Morgan fingerprint density at radius 2 is 1.67 bits per heavy atom. The summed E-state index contributed by atoms with van der Waals surface area (Å²) in [6, 6.07) is 16.4. The third-order valence-corrected chi connectivity index (χ3v) is 6.59. The zero-order valence-electron chi connectivity index (χ0n) is 14.4. The molecular formula is C18H18N4O3S2. The summed E-state index contributed by atoms with van der Waals surface area (Å²) in [5.41, 5.74) is 1.66. The van der Waals surface area contributed by atoms with Crippen LogP contribution in [0.3, 0.4) is 0 Å². The molecule has 3 aromatic rings. The summed E-state index contributed by atoms with van der Waals surface area (Å²) < 4.78 is 34.5. The van der Waals surface area contributed by atoms with E-state index >= 15 is 0 Å². The molecule has 4 rings (SSSR count). The summed E-state index contributed by atoms with van der Waals surface area (Å²) >= 11 is 5.36. The number of para-hydroxylation sites is 1. The third kappa shape index (κ3) is 3.46. The Labute approximate surface area is 162 Å². The maximum absolute atomic E-state index is 12.8. The quantitative estimate of drug-likeness (QED) is 0.679. The van der Waals surface area contributed by atoms with E-state index in [1.165, 1.54) is 4.31 Å². The first kappa shape index (κ1) is 18.1. The van der Waals surface area contributed by atoms with Crippen LogP contribution >= 0.6 is 12.2 Å². The number of nitrogens with one attached hydrogen (secondary N) is 1. The van der Waals surface area contributed by atoms with Gasteiger partial charge in [0.1, 0.15) is 0 Å². The Balaban J connectivity index is 1.69. The van der Waals surface area contributed by atoms with Gasteiger partial charge in [-0.3, -0.25) is 9.67 Å². The van der Waals surface area contributed by atoms with Crippen molar-refractivity contribution in [2.24, 2.45) is 0 Å². The van der Waals surface area contributed by atoms with Crippen molar-refractivity contribution in [1.29, 1.82) is 0 Å². The highest BCUT2D eigenvalue weighted by molar-refractivity contribution is 7.89. The number of nitrogens with zero attached hydrogens (tertiary/aromatic N) is 3. The van der Waals surface area contributed by atoms with E-state index in [4.69, 9.17) is 17.0 Å². The fourth-order valence-corrected chi connectivity index (χ4v) is 4.66. The van der Waals surface area contributed by atoms with Crippen molar-refractivity contribution in [3.8, 4) is 17.1 Å². The minimum absolute atomic E-state index is 0.258. The summed E-state index contributed by atoms with van der Waals surface area (Å²) in [5, 5.41) is 7.12. The lowest BCUT2D eigenvalue weighted by Gasteiger charge is -2.26. The fraction of sp³-hybridized carbons (Fsp3) is 0.222. The highest BCUT2D eigenvalue weighted by Gasteiger charge is 2.26. The van der Waals surface area contributed by atoms with Crippen molar-refractivity contribution >= 4 is 22.2 Å². The van der Waals surface area contributed by atoms with Gasteiger partial charge in [-0.1, -0.05) is 18.2 Å². The molecule has 2 heterocycles. The van der Waals surface area contributed by atoms with Crippen LogP contribution in [0.1, 0.15) is 0 Å². The molecule has 1 aromatic heterocycles. The molecule has 0 unspecified atom stereocenters. The predicted octanol–water partition coefficient (Wildman–Crippen LogP) is 2.62. The van der Waals surface area contributed by atoms with Crippen molar-refractivity contribution in [1.82, 2.24) is 19.1 Å². The highest BCUT2D eigenvalue weighted by atomic mass is 32.2. The molecule has 0 bridgehead atoms. The van der Waals surface area contributed by atoms with E-state index in [1.807, 2.05) is 34.9 Å². The van der Waals surface area contributed by atoms with E-state index < -0.39 is 10.0 Å². The first-order valence-corrected chi connectivity index (χ1v) is 10.3. The number of ether oxygens (including phenoxy) is 1. The number of sulfonamides is 1. The summed E-state index contributed by atoms with van der Waals surface area (Å²) in [6.07, 6.45) is 0. The monoisotopic (exact) mass is 402 g/mol. The predicted molar refractivity (Wildman–Crippen MR) is 104 cm³/mol. The Hall–Kier alpha value is -2.33. The molecule has 0 radical (unpaired) electrons. The zero-order chi connectivity index (χ0) is 18.9. The van der Waals surface area contributed by atoms with E-state index in [0.29, 0.717) is 36.9 Å². The molecule has 27 heavy (non-hydrogen) atoms. The summed E-state index contributed by atoms with van der Waals surface area (Å²) in [4.78, 5) is 0.258. The molecule has 7 nitrogen and oxygen atoms in total. The fourth-order valence-electron chi connectivity index (χ4n) is 3.02. The number of hydrogen-bond donors (Lipinski definition) is 1. The Kier molecular flexibility index (Phi) is 4.92. The van der Waals surface area contributed by atoms with Gasteiger partial charge < -0.3 is 4.74 Å². The van der Waals surface area contributed by atoms with Crippen LogP contribution in [0.25, 0.3) is 17.1 Å². The van der Waals surface area contributed by atoms with E-state index in [1.54, 1.807) is 24.3 Å². The molecular weight excluding hydrogens is 384 g/mol. The van der Waals surface area contributed by atoms with Gasteiger partial charge in [0.05, 0.1) is 18.1 Å². The van der Waals surface area contributed by atoms with Gasteiger partial charge in [-0.25, -0.2) is 8.42 Å². The molecule has 0 atom stereocenters. The normalized spacial score (nSPS) is 15.7. The molecule has 0 spiro atoms. The number of benzene rings is 2. The van der Waals surface area contributed by atoms with Gasteiger partial charge in [0, 0.05) is 24.3 Å². The van der Waals surface area contributed by atoms with Gasteiger partial charge in [0.25, 0.3) is 0 Å². The average molecular weight is 403 g/mol. The second-order valence-corrected chi connectivity index (χ2v) is 8.39. The second-order valence-electron chi connectivity index (χ2n) is 6.06. The second kappa shape index (κ2) is 7.35. The van der Waals surface area contributed by atoms with Gasteiger partial charge >= 0.3 is 0 Å². The molecule has 0 amide bonds. The molecule has 1 N–H and O–H groups in total. The third-order valence-electron chi connectivity index (χ3n) is 4.41. The van der Waals surface area contributed by atoms with Crippen LogP contribution in [0, 0.1) is 4.77 Å². The van der Waals surface area contributed by atoms with Crippen LogP contribution in [0.15, 0.2) is 59.5 Å². The number of aromatic nitrogens is 3. The molecule has 1 fully saturated rings. The van der Waals surface area contributed by atoms with Crippen LogP contribution < -0.4 is 0 Å². The lowest BCUT2D eigenvalue weighted by atomic mass is 10.2. The lowest BCUT2D eigenvalue weighted by molar-refractivity contribution is 0.0730. The van der Waals surface area contributed by atoms with Gasteiger partial charge in [-0.15, -0.1) is 0 Å². The van der Waals surface area contributed by atoms with E-state index in [2.05, 4.69) is 10.2 Å². The van der Waals surface area contributed by atoms with Crippen LogP contribution in [-0.2, 0) is 14.8 Å². The smallest absolute Gasteiger partial charge is 0.243 e. The topological polar surface area (TPSA) is 80.2 Å². The van der Waals surface area contributed by atoms with Gasteiger partial charge in [-0.2, -0.15) is 9.40 Å². The molecule has 9 heteroatoms. The highest BCUT2D eigenvalue weighted by Crippen LogP contribution is 2.24. The molecule has 1 aliphatic heterocycles. The van der Waals surface area contributed by atoms with Gasteiger partial charge in [0.2, 0.25) is 10.0 Å². The number of rotatable bonds is 4. The van der Waals surface area contributed by atoms with E-state index in [9.17, 15) is 8.42 Å². The molecule has 0 saturated carbocycles. The van der Waals surface area contributed by atoms with Gasteiger partial charge in [0.15, 0.2) is 10.6 Å². The maximum atomic E-state index is 12.8. The summed E-state index contributed by atoms with van der Waals surface area (Å²) in [7, 11) is -3.52. The first-order chi connectivity index (χ1) is 13.1. The van der Waals surface area contributed by atoms with E-state index in [-0.39, 0.29) is 4.90 Å². The van der Waals surface area contributed by atoms with Crippen molar-refractivity contribution in [2.45, 2.75) is 4.90 Å². The SMILES string of the molecule is O=S(=O)(c1ccc(-c2n[nH]c(=S)n2-c2ccccc2)cc1)N1CCOCC1. The van der Waals surface area contributed by atoms with Crippen molar-refractivity contribution in [2.75, 3.05) is 26.3 Å². The molecule has 2 aromatic carbocycles. The Morgan fingerprint density at radius 3 is 2.33 bits per heavy atom. The largest absolute Gasteiger partial charge is 0.379 e. The standard InChI is InChI=1S/C18H18N4O3S2/c23-27(24,21-10-12-25-13-11-21)16-8-6-14(7-9-16)17-19-20-18(26)22(17)15-4-2-1-3-5-15/h1-9H,10-13H2,(H,20,26). The minimum atomic E-state index is -3.52. The van der Waals surface area contributed by atoms with Crippen LogP contribution in [-0.4, -0.2) is 53.8 Å². The zero-order valence-corrected chi connectivity index (χ0v) is 16.0. The number of H-pyrrole nitrogens is 1. The molecule has 1 aliphatic rings. The van der Waals surface area contributed by atoms with Crippen LogP contribution in [0.4, 0.5) is 0 Å². The van der Waals surface area contributed by atoms with Crippen molar-refractivity contribution in [3.63, 3.8) is 0 Å². The van der Waals surface area contributed by atoms with Crippen molar-refractivity contribution < 1.29 is 13.2 Å². The molecule has 140 valence electrons. The first-order valence-electron chi connectivity index (χ1n) is 8.48. The molecule has 1 saturated heterocycles. The van der Waals surface area contributed by atoms with Crippen molar-refractivity contribution in [3.05, 3.63) is 59.4 Å². The number of hydrogen-bond acceptors (Lipinski definition) is 5. The maximum Gasteiger partial charge on any atom is 0.243 e. The van der Waals surface area contributed by atoms with Crippen LogP contribution in [0.5, 0.6) is 0 Å². The lowest BCUT2D eigenvalue weighted by Crippen LogP contribution is -2.40. The van der Waals surface area contributed by atoms with Gasteiger partial charge in [-0.05, 0) is 48.6 Å². The summed E-state index contributed by atoms with van der Waals surface area (Å²) in [5.74, 6) is 0.626.